The van der Waals surface area contributed by atoms with Crippen LogP contribution in [-0.2, 0) is 0 Å². The van der Waals surface area contributed by atoms with E-state index in [1.165, 1.54) is 21.8 Å². The maximum atomic E-state index is 13.8. The normalized spacial score (nSPS) is 12.5. The highest BCUT2D eigenvalue weighted by molar-refractivity contribution is 6.25. The van der Waals surface area contributed by atoms with Gasteiger partial charge in [0.25, 0.3) is 0 Å². The number of hydrogen-bond donors (Lipinski definition) is 0. The minimum Gasteiger partial charge on any atom is -0.439 e. The van der Waals surface area contributed by atoms with Crippen molar-refractivity contribution in [1.29, 1.82) is 0 Å². The van der Waals surface area contributed by atoms with Gasteiger partial charge >= 0.3 is 0 Å². The molecule has 228 valence electrons. The number of rotatable bonds is 3. The second-order valence-electron chi connectivity index (χ2n) is 12.9. The summed E-state index contributed by atoms with van der Waals surface area (Å²) in [7, 11) is 0. The third kappa shape index (κ3) is 3.60. The van der Waals surface area contributed by atoms with Crippen molar-refractivity contribution in [1.82, 2.24) is 9.13 Å². The molecule has 0 radical (unpaired) electrons. The van der Waals surface area contributed by atoms with Crippen molar-refractivity contribution < 1.29 is 9.21 Å². The third-order valence-electron chi connectivity index (χ3n) is 10.3. The first kappa shape index (κ1) is 26.4. The number of hydrogen-bond acceptors (Lipinski definition) is 2. The van der Waals surface area contributed by atoms with Gasteiger partial charge in [-0.05, 0) is 76.9 Å². The Morgan fingerprint density at radius 3 is 1.69 bits per heavy atom. The van der Waals surface area contributed by atoms with Crippen molar-refractivity contribution in [3.63, 3.8) is 0 Å². The summed E-state index contributed by atoms with van der Waals surface area (Å²) in [6.45, 7) is 0. The Labute approximate surface area is 281 Å². The first-order valence-corrected chi connectivity index (χ1v) is 16.6. The van der Waals surface area contributed by atoms with Gasteiger partial charge in [0.2, 0.25) is 5.88 Å². The molecule has 49 heavy (non-hydrogen) atoms. The van der Waals surface area contributed by atoms with E-state index in [0.29, 0.717) is 17.2 Å². The smallest absolute Gasteiger partial charge is 0.205 e. The molecule has 0 N–H and O–H groups in total. The molecule has 0 bridgehead atoms. The molecule has 8 aromatic rings. The topological polar surface area (TPSA) is 40.1 Å². The van der Waals surface area contributed by atoms with E-state index in [9.17, 15) is 4.79 Å². The number of furan rings is 1. The Hall–Kier alpha value is -6.65. The average Bonchev–Trinajstić information content (AvgIpc) is 3.91. The lowest BCUT2D eigenvalue weighted by molar-refractivity contribution is 0.104. The fourth-order valence-corrected chi connectivity index (χ4v) is 8.10. The van der Waals surface area contributed by atoms with Crippen molar-refractivity contribution >= 4 is 49.4 Å². The van der Waals surface area contributed by atoms with Gasteiger partial charge in [0.1, 0.15) is 5.76 Å². The zero-order valence-corrected chi connectivity index (χ0v) is 26.2. The van der Waals surface area contributed by atoms with E-state index in [2.05, 4.69) is 130 Å². The molecule has 0 spiro atoms. The number of carbonyl (C=O) groups is 1. The molecule has 0 fully saturated rings. The van der Waals surface area contributed by atoms with Crippen LogP contribution in [0.15, 0.2) is 162 Å². The van der Waals surface area contributed by atoms with E-state index in [1.54, 1.807) is 0 Å². The van der Waals surface area contributed by atoms with Crippen molar-refractivity contribution in [2.75, 3.05) is 0 Å². The fraction of sp³-hybridized carbons (Fsp3) is 0. The quantitative estimate of drug-likeness (QED) is 0.196. The molecule has 0 saturated carbocycles. The molecule has 4 nitrogen and oxygen atoms in total. The lowest BCUT2D eigenvalue weighted by Crippen LogP contribution is -1.96. The Morgan fingerprint density at radius 2 is 0.980 bits per heavy atom. The first-order valence-electron chi connectivity index (χ1n) is 16.6. The van der Waals surface area contributed by atoms with Crippen molar-refractivity contribution in [3.05, 3.63) is 169 Å². The van der Waals surface area contributed by atoms with E-state index in [0.717, 1.165) is 60.9 Å². The summed E-state index contributed by atoms with van der Waals surface area (Å²) >= 11 is 0. The molecule has 0 aliphatic heterocycles. The van der Waals surface area contributed by atoms with Crippen LogP contribution >= 0.6 is 0 Å². The standard InChI is InChI=1S/C45H26N2O2/c48-44-37-26-42(49-45(37)36-25-29-11-3-1-6-14-31(29)43(36)44)47-39-18-10-8-16-33(39)35-24-28(20-22-41(35)47)27-19-21-40-34(23-27)32-15-7-9-17-38(32)46(40)30-12-4-2-5-13-30/h1-26H. The van der Waals surface area contributed by atoms with Crippen molar-refractivity contribution in [3.8, 4) is 45.1 Å². The molecule has 0 saturated heterocycles. The van der Waals surface area contributed by atoms with E-state index < -0.39 is 0 Å². The Bertz CT molecular complexity index is 2960. The van der Waals surface area contributed by atoms with Crippen molar-refractivity contribution in [2.24, 2.45) is 0 Å². The van der Waals surface area contributed by atoms with E-state index in [4.69, 9.17) is 4.42 Å². The van der Waals surface area contributed by atoms with Crippen LogP contribution in [0.1, 0.15) is 15.9 Å². The lowest BCUT2D eigenvalue weighted by Gasteiger charge is -2.08. The third-order valence-corrected chi connectivity index (χ3v) is 10.3. The molecule has 3 aromatic heterocycles. The van der Waals surface area contributed by atoms with Crippen LogP contribution in [0.4, 0.5) is 0 Å². The molecule has 0 atom stereocenters. The SMILES string of the molecule is O=C1c2cc(-n3c4ccccc4c4cc(-c5ccc6c(c5)c5ccccc5n6-c5ccccc5)ccc43)oc2-c2cc3cccccc-3c21. The minimum absolute atomic E-state index is 0.0215. The molecule has 0 amide bonds. The number of nitrogens with zero attached hydrogens (tertiary/aromatic N) is 2. The second-order valence-corrected chi connectivity index (χ2v) is 12.9. The molecule has 11 rings (SSSR count). The number of ketones is 1. The molecule has 3 aliphatic carbocycles. The number of aromatic nitrogens is 2. The van der Waals surface area contributed by atoms with Crippen LogP contribution in [0.25, 0.3) is 88.8 Å². The van der Waals surface area contributed by atoms with Crippen LogP contribution in [0.2, 0.25) is 0 Å². The van der Waals surface area contributed by atoms with Crippen LogP contribution < -0.4 is 0 Å². The van der Waals surface area contributed by atoms with Crippen LogP contribution in [0, 0.1) is 0 Å². The Balaban J connectivity index is 1.08. The van der Waals surface area contributed by atoms with Gasteiger partial charge < -0.3 is 8.98 Å². The van der Waals surface area contributed by atoms with Gasteiger partial charge in [-0.2, -0.15) is 0 Å². The molecule has 3 aliphatic rings. The predicted molar refractivity (Wildman–Crippen MR) is 198 cm³/mol. The van der Waals surface area contributed by atoms with E-state index in [1.807, 2.05) is 36.4 Å². The second kappa shape index (κ2) is 9.69. The molecular weight excluding hydrogens is 601 g/mol. The predicted octanol–water partition coefficient (Wildman–Crippen LogP) is 11.5. The Kier molecular flexibility index (Phi) is 5.23. The first-order chi connectivity index (χ1) is 24.2. The monoisotopic (exact) mass is 626 g/mol. The highest BCUT2D eigenvalue weighted by atomic mass is 16.4. The van der Waals surface area contributed by atoms with Gasteiger partial charge in [0.05, 0.1) is 27.6 Å². The van der Waals surface area contributed by atoms with Gasteiger partial charge in [-0.1, -0.05) is 97.1 Å². The number of carbonyl (C=O) groups excluding carboxylic acids is 1. The van der Waals surface area contributed by atoms with E-state index in [-0.39, 0.29) is 5.78 Å². The summed E-state index contributed by atoms with van der Waals surface area (Å²) in [5, 5.41) is 4.73. The number of para-hydroxylation sites is 3. The van der Waals surface area contributed by atoms with Crippen LogP contribution in [-0.4, -0.2) is 14.9 Å². The zero-order valence-electron chi connectivity index (χ0n) is 26.2. The summed E-state index contributed by atoms with van der Waals surface area (Å²) in [6, 6.07) is 55.1. The zero-order chi connectivity index (χ0) is 32.2. The maximum Gasteiger partial charge on any atom is 0.205 e. The van der Waals surface area contributed by atoms with Crippen molar-refractivity contribution in [2.45, 2.75) is 0 Å². The lowest BCUT2D eigenvalue weighted by atomic mass is 10.0. The summed E-state index contributed by atoms with van der Waals surface area (Å²) in [5.41, 5.74) is 12.1. The summed E-state index contributed by atoms with van der Waals surface area (Å²) in [4.78, 5) is 13.8. The van der Waals surface area contributed by atoms with Gasteiger partial charge in [-0.25, -0.2) is 0 Å². The number of benzene rings is 5. The average molecular weight is 627 g/mol. The summed E-state index contributed by atoms with van der Waals surface area (Å²) in [5.74, 6) is 1.32. The maximum absolute atomic E-state index is 13.8. The van der Waals surface area contributed by atoms with Gasteiger partial charge in [-0.3, -0.25) is 9.36 Å². The highest BCUT2D eigenvalue weighted by Gasteiger charge is 2.36. The van der Waals surface area contributed by atoms with Crippen LogP contribution in [0.3, 0.4) is 0 Å². The molecular formula is C45H26N2O2. The molecule has 0 unspecified atom stereocenters. The Morgan fingerprint density at radius 1 is 0.408 bits per heavy atom. The highest BCUT2D eigenvalue weighted by Crippen LogP contribution is 2.48. The van der Waals surface area contributed by atoms with Gasteiger partial charge in [0.15, 0.2) is 5.78 Å². The fourth-order valence-electron chi connectivity index (χ4n) is 8.10. The summed E-state index contributed by atoms with van der Waals surface area (Å²) < 4.78 is 11.1. The van der Waals surface area contributed by atoms with Gasteiger partial charge in [0, 0.05) is 44.4 Å². The summed E-state index contributed by atoms with van der Waals surface area (Å²) in [6.07, 6.45) is 0. The molecule has 4 heteroatoms. The largest absolute Gasteiger partial charge is 0.439 e. The van der Waals surface area contributed by atoms with Crippen LogP contribution in [0.5, 0.6) is 0 Å². The van der Waals surface area contributed by atoms with E-state index >= 15 is 0 Å². The molecule has 5 aromatic carbocycles. The molecule has 3 heterocycles. The minimum atomic E-state index is 0.0215. The van der Waals surface area contributed by atoms with Gasteiger partial charge in [-0.15, -0.1) is 0 Å². The number of fused-ring (bicyclic) bond motifs is 11.